The van der Waals surface area contributed by atoms with Crippen molar-refractivity contribution in [3.05, 3.63) is 44.4 Å². The van der Waals surface area contributed by atoms with Crippen molar-refractivity contribution in [2.75, 3.05) is 18.6 Å². The molecule has 0 aliphatic rings. The highest BCUT2D eigenvalue weighted by molar-refractivity contribution is 9.10. The third kappa shape index (κ3) is 4.78. The number of hydrogen-bond donors (Lipinski definition) is 0. The number of ether oxygens (including phenoxy) is 1. The minimum absolute atomic E-state index is 0.212. The fourth-order valence-electron chi connectivity index (χ4n) is 1.87. The number of carbonyl (C=O) groups excluding carboxylic acids is 2. The van der Waals surface area contributed by atoms with E-state index in [9.17, 15) is 32.9 Å². The fourth-order valence-corrected chi connectivity index (χ4v) is 2.53. The normalized spacial score (nSPS) is 11.4. The van der Waals surface area contributed by atoms with Crippen molar-refractivity contribution in [1.82, 2.24) is 0 Å². The highest BCUT2D eigenvalue weighted by Crippen LogP contribution is 2.39. The van der Waals surface area contributed by atoms with E-state index in [4.69, 9.17) is 0 Å². The van der Waals surface area contributed by atoms with Gasteiger partial charge < -0.3 is 4.74 Å². The molecular weight excluding hydrogens is 413 g/mol. The highest BCUT2D eigenvalue weighted by Gasteiger charge is 2.45. The zero-order valence-corrected chi connectivity index (χ0v) is 14.6. The summed E-state index contributed by atoms with van der Waals surface area (Å²) in [6.45, 7) is 0.964. The predicted molar refractivity (Wildman–Crippen MR) is 85.4 cm³/mol. The average Bonchev–Trinajstić information content (AvgIpc) is 2.53. The first kappa shape index (κ1) is 20.6. The van der Waals surface area contributed by atoms with Crippen LogP contribution in [0.1, 0.15) is 17.3 Å². The number of rotatable bonds is 5. The molecule has 0 N–H and O–H groups in total. The lowest BCUT2D eigenvalue weighted by Gasteiger charge is -2.23. The number of halogens is 4. The van der Waals surface area contributed by atoms with E-state index in [2.05, 4.69) is 20.7 Å². The SMILES string of the molecule is C/C=C\CN(C(=O)C(F)(F)F)c1c(Br)cc(C(=O)OC)cc1[N+](=O)[O-]. The molecule has 0 fully saturated rings. The maximum atomic E-state index is 12.9. The number of anilines is 1. The zero-order chi connectivity index (χ0) is 19.4. The number of methoxy groups -OCH3 is 1. The Balaban J connectivity index is 3.65. The Labute approximate surface area is 148 Å². The first-order chi connectivity index (χ1) is 11.5. The van der Waals surface area contributed by atoms with Crippen LogP contribution in [0.2, 0.25) is 0 Å². The number of carbonyl (C=O) groups is 2. The van der Waals surface area contributed by atoms with Gasteiger partial charge in [-0.25, -0.2) is 4.79 Å². The summed E-state index contributed by atoms with van der Waals surface area (Å²) in [5, 5.41) is 11.3. The largest absolute Gasteiger partial charge is 0.471 e. The number of nitro benzene ring substituents is 1. The Morgan fingerprint density at radius 2 is 2.00 bits per heavy atom. The van der Waals surface area contributed by atoms with Crippen molar-refractivity contribution >= 4 is 39.2 Å². The third-order valence-corrected chi connectivity index (χ3v) is 3.55. The van der Waals surface area contributed by atoms with Gasteiger partial charge in [0.05, 0.1) is 17.6 Å². The summed E-state index contributed by atoms with van der Waals surface area (Å²) in [5.41, 5.74) is -1.72. The van der Waals surface area contributed by atoms with Gasteiger partial charge in [-0.15, -0.1) is 0 Å². The summed E-state index contributed by atoms with van der Waals surface area (Å²) >= 11 is 2.89. The molecule has 25 heavy (non-hydrogen) atoms. The fraction of sp³-hybridized carbons (Fsp3) is 0.286. The van der Waals surface area contributed by atoms with Crippen molar-refractivity contribution < 1.29 is 32.4 Å². The number of hydrogen-bond acceptors (Lipinski definition) is 5. The first-order valence-corrected chi connectivity index (χ1v) is 7.40. The number of amides is 1. The molecule has 0 saturated carbocycles. The Morgan fingerprint density at radius 3 is 2.44 bits per heavy atom. The number of nitro groups is 1. The number of esters is 1. The standard InChI is InChI=1S/C14H12BrF3N2O5/c1-3-4-5-19(13(22)14(16,17)18)11-9(15)6-8(12(21)25-2)7-10(11)20(23)24/h3-4,6-7H,5H2,1-2H3/b4-3-. The number of nitrogens with zero attached hydrogens (tertiary/aromatic N) is 2. The molecule has 7 nitrogen and oxygen atoms in total. The molecule has 1 rings (SSSR count). The van der Waals surface area contributed by atoms with Crippen molar-refractivity contribution in [2.45, 2.75) is 13.1 Å². The Morgan fingerprint density at radius 1 is 1.40 bits per heavy atom. The summed E-state index contributed by atoms with van der Waals surface area (Å²) in [5.74, 6) is -3.20. The predicted octanol–water partition coefficient (Wildman–Crippen LogP) is 3.62. The molecule has 0 radical (unpaired) electrons. The number of alkyl halides is 3. The number of benzene rings is 1. The van der Waals surface area contributed by atoms with E-state index in [1.54, 1.807) is 0 Å². The molecule has 0 aromatic heterocycles. The molecule has 0 aliphatic carbocycles. The maximum absolute atomic E-state index is 12.9. The quantitative estimate of drug-likeness (QED) is 0.311. The van der Waals surface area contributed by atoms with Crippen molar-refractivity contribution in [1.29, 1.82) is 0 Å². The second-order valence-corrected chi connectivity index (χ2v) is 5.41. The second-order valence-electron chi connectivity index (χ2n) is 4.56. The summed E-state index contributed by atoms with van der Waals surface area (Å²) < 4.78 is 42.8. The van der Waals surface area contributed by atoms with Crippen molar-refractivity contribution in [3.63, 3.8) is 0 Å². The van der Waals surface area contributed by atoms with Gasteiger partial charge >= 0.3 is 18.1 Å². The van der Waals surface area contributed by atoms with E-state index in [0.717, 1.165) is 19.2 Å². The van der Waals surface area contributed by atoms with Crippen LogP contribution in [0, 0.1) is 10.1 Å². The summed E-state index contributed by atoms with van der Waals surface area (Å²) in [6.07, 6.45) is -2.62. The first-order valence-electron chi connectivity index (χ1n) is 6.60. The summed E-state index contributed by atoms with van der Waals surface area (Å²) in [7, 11) is 1.04. The van der Waals surface area contributed by atoms with Gasteiger partial charge in [0, 0.05) is 17.1 Å². The molecule has 0 atom stereocenters. The van der Waals surface area contributed by atoms with E-state index >= 15 is 0 Å². The van der Waals surface area contributed by atoms with Gasteiger partial charge in [0.2, 0.25) is 0 Å². The smallest absolute Gasteiger partial charge is 0.465 e. The van der Waals surface area contributed by atoms with Gasteiger partial charge in [-0.2, -0.15) is 13.2 Å². The van der Waals surface area contributed by atoms with Gasteiger partial charge in [-0.1, -0.05) is 12.2 Å². The molecule has 1 aromatic carbocycles. The van der Waals surface area contributed by atoms with E-state index in [1.165, 1.54) is 19.1 Å². The molecule has 0 saturated heterocycles. The average molecular weight is 425 g/mol. The van der Waals surface area contributed by atoms with Crippen LogP contribution in [0.3, 0.4) is 0 Å². The molecule has 0 spiro atoms. The summed E-state index contributed by atoms with van der Waals surface area (Å²) in [4.78, 5) is 33.8. The van der Waals surface area contributed by atoms with E-state index in [-0.39, 0.29) is 14.9 Å². The van der Waals surface area contributed by atoms with E-state index in [0.29, 0.717) is 0 Å². The van der Waals surface area contributed by atoms with Crippen LogP contribution in [0.4, 0.5) is 24.5 Å². The molecule has 0 aliphatic heterocycles. The highest BCUT2D eigenvalue weighted by atomic mass is 79.9. The lowest BCUT2D eigenvalue weighted by atomic mass is 10.1. The van der Waals surface area contributed by atoms with Crippen LogP contribution in [0.5, 0.6) is 0 Å². The van der Waals surface area contributed by atoms with Gasteiger partial charge in [-0.05, 0) is 28.9 Å². The molecule has 136 valence electrons. The Kier molecular flexibility index (Phi) is 6.68. The minimum Gasteiger partial charge on any atom is -0.465 e. The zero-order valence-electron chi connectivity index (χ0n) is 13.0. The van der Waals surface area contributed by atoms with Crippen molar-refractivity contribution in [2.24, 2.45) is 0 Å². The van der Waals surface area contributed by atoms with Crippen LogP contribution in [-0.4, -0.2) is 36.6 Å². The van der Waals surface area contributed by atoms with Gasteiger partial charge in [-0.3, -0.25) is 19.8 Å². The molecule has 0 heterocycles. The molecule has 0 unspecified atom stereocenters. The molecular formula is C14H12BrF3N2O5. The molecule has 0 bridgehead atoms. The summed E-state index contributed by atoms with van der Waals surface area (Å²) in [6, 6.07) is 1.79. The number of allylic oxidation sites excluding steroid dienone is 1. The lowest BCUT2D eigenvalue weighted by Crippen LogP contribution is -2.42. The maximum Gasteiger partial charge on any atom is 0.471 e. The van der Waals surface area contributed by atoms with Crippen LogP contribution < -0.4 is 4.90 Å². The van der Waals surface area contributed by atoms with Crippen LogP contribution in [0.25, 0.3) is 0 Å². The molecule has 1 amide bonds. The topological polar surface area (TPSA) is 89.8 Å². The van der Waals surface area contributed by atoms with E-state index in [1.807, 2.05) is 0 Å². The Hall–Kier alpha value is -2.43. The van der Waals surface area contributed by atoms with Crippen LogP contribution in [0.15, 0.2) is 28.8 Å². The third-order valence-electron chi connectivity index (χ3n) is 2.94. The minimum atomic E-state index is -5.24. The van der Waals surface area contributed by atoms with Gasteiger partial charge in [0.25, 0.3) is 5.69 Å². The van der Waals surface area contributed by atoms with Crippen molar-refractivity contribution in [3.8, 4) is 0 Å². The lowest BCUT2D eigenvalue weighted by molar-refractivity contribution is -0.384. The van der Waals surface area contributed by atoms with E-state index < -0.39 is 40.9 Å². The monoisotopic (exact) mass is 424 g/mol. The van der Waals surface area contributed by atoms with Gasteiger partial charge in [0.1, 0.15) is 5.69 Å². The van der Waals surface area contributed by atoms with Crippen LogP contribution >= 0.6 is 15.9 Å². The second kappa shape index (κ2) is 8.10. The molecule has 1 aromatic rings. The van der Waals surface area contributed by atoms with Crippen LogP contribution in [-0.2, 0) is 9.53 Å². The molecule has 11 heteroatoms. The Bertz CT molecular complexity index is 734. The van der Waals surface area contributed by atoms with Gasteiger partial charge in [0.15, 0.2) is 0 Å².